The van der Waals surface area contributed by atoms with E-state index in [1.165, 1.54) is 19.3 Å². The van der Waals surface area contributed by atoms with Gasteiger partial charge >= 0.3 is 0 Å². The first-order valence-electron chi connectivity index (χ1n) is 7.64. The molecule has 1 fully saturated rings. The summed E-state index contributed by atoms with van der Waals surface area (Å²) in [6, 6.07) is 4.15. The van der Waals surface area contributed by atoms with E-state index in [-0.39, 0.29) is 5.91 Å². The van der Waals surface area contributed by atoms with E-state index in [4.69, 9.17) is 0 Å². The molecule has 0 spiro atoms. The molecular weight excluding hydrogens is 268 g/mol. The highest BCUT2D eigenvalue weighted by Gasteiger charge is 2.25. The van der Waals surface area contributed by atoms with Crippen LogP contribution in [-0.2, 0) is 0 Å². The second kappa shape index (κ2) is 7.67. The number of pyridine rings is 1. The maximum absolute atomic E-state index is 12.3. The van der Waals surface area contributed by atoms with E-state index in [2.05, 4.69) is 24.1 Å². The first-order valence-corrected chi connectivity index (χ1v) is 8.62. The minimum atomic E-state index is 0.0240. The van der Waals surface area contributed by atoms with Crippen molar-refractivity contribution in [2.24, 2.45) is 5.92 Å². The minimum Gasteiger partial charge on any atom is -0.349 e. The van der Waals surface area contributed by atoms with Gasteiger partial charge in [-0.15, -0.1) is 11.8 Å². The molecule has 4 heteroatoms. The number of aromatic nitrogens is 1. The molecule has 2 unspecified atom stereocenters. The Bertz CT molecular complexity index is 433. The van der Waals surface area contributed by atoms with Crippen molar-refractivity contribution >= 4 is 17.7 Å². The standard InChI is InChI=1S/C16H24N2OS/c1-3-12-7-5-6-8-14(12)18-16(19)13-9-10-15(17-11-13)20-4-2/h9-12,14H,3-8H2,1-2H3,(H,18,19). The van der Waals surface area contributed by atoms with Crippen molar-refractivity contribution in [2.75, 3.05) is 5.75 Å². The van der Waals surface area contributed by atoms with Crippen LogP contribution in [0.5, 0.6) is 0 Å². The summed E-state index contributed by atoms with van der Waals surface area (Å²) in [7, 11) is 0. The van der Waals surface area contributed by atoms with Crippen molar-refractivity contribution < 1.29 is 4.79 Å². The first-order chi connectivity index (χ1) is 9.74. The Kier molecular flexibility index (Phi) is 5.89. The van der Waals surface area contributed by atoms with E-state index in [0.29, 0.717) is 17.5 Å². The number of hydrogen-bond acceptors (Lipinski definition) is 3. The monoisotopic (exact) mass is 292 g/mol. The van der Waals surface area contributed by atoms with Gasteiger partial charge in [0, 0.05) is 12.2 Å². The van der Waals surface area contributed by atoms with Gasteiger partial charge in [-0.05, 0) is 36.6 Å². The molecule has 0 radical (unpaired) electrons. The van der Waals surface area contributed by atoms with E-state index in [9.17, 15) is 4.79 Å². The lowest BCUT2D eigenvalue weighted by Crippen LogP contribution is -2.41. The third kappa shape index (κ3) is 3.98. The summed E-state index contributed by atoms with van der Waals surface area (Å²) in [5, 5.41) is 4.18. The summed E-state index contributed by atoms with van der Waals surface area (Å²) in [6.07, 6.45) is 7.72. The quantitative estimate of drug-likeness (QED) is 0.837. The summed E-state index contributed by atoms with van der Waals surface area (Å²) in [6.45, 7) is 4.31. The van der Waals surface area contributed by atoms with E-state index in [1.807, 2.05) is 12.1 Å². The first kappa shape index (κ1) is 15.4. The molecule has 0 aliphatic heterocycles. The van der Waals surface area contributed by atoms with Crippen LogP contribution in [0, 0.1) is 5.92 Å². The van der Waals surface area contributed by atoms with Crippen LogP contribution in [0.25, 0.3) is 0 Å². The summed E-state index contributed by atoms with van der Waals surface area (Å²) >= 11 is 1.69. The van der Waals surface area contributed by atoms with Crippen LogP contribution in [0.3, 0.4) is 0 Å². The zero-order valence-electron chi connectivity index (χ0n) is 12.4. The van der Waals surface area contributed by atoms with Crippen LogP contribution in [0.2, 0.25) is 0 Å². The molecule has 1 aromatic rings. The molecule has 2 rings (SSSR count). The Morgan fingerprint density at radius 2 is 2.15 bits per heavy atom. The van der Waals surface area contributed by atoms with Crippen molar-refractivity contribution in [1.29, 1.82) is 0 Å². The average Bonchev–Trinajstić information content (AvgIpc) is 2.49. The molecule has 1 aliphatic rings. The minimum absolute atomic E-state index is 0.0240. The number of nitrogens with zero attached hydrogens (tertiary/aromatic N) is 1. The second-order valence-electron chi connectivity index (χ2n) is 5.35. The normalized spacial score (nSPS) is 22.5. The molecule has 1 heterocycles. The molecule has 2 atom stereocenters. The van der Waals surface area contributed by atoms with Gasteiger partial charge in [0.05, 0.1) is 10.6 Å². The van der Waals surface area contributed by atoms with Crippen LogP contribution in [-0.4, -0.2) is 22.7 Å². The van der Waals surface area contributed by atoms with Crippen molar-refractivity contribution in [3.05, 3.63) is 23.9 Å². The van der Waals surface area contributed by atoms with Crippen molar-refractivity contribution in [2.45, 2.75) is 57.0 Å². The van der Waals surface area contributed by atoms with Crippen molar-refractivity contribution in [3.63, 3.8) is 0 Å². The number of hydrogen-bond donors (Lipinski definition) is 1. The molecule has 0 aromatic carbocycles. The predicted molar refractivity (Wildman–Crippen MR) is 84.1 cm³/mol. The van der Waals surface area contributed by atoms with Gasteiger partial charge in [-0.2, -0.15) is 0 Å². The zero-order chi connectivity index (χ0) is 14.4. The van der Waals surface area contributed by atoms with Gasteiger partial charge < -0.3 is 5.32 Å². The average molecular weight is 292 g/mol. The lowest BCUT2D eigenvalue weighted by molar-refractivity contribution is 0.0904. The molecule has 1 saturated carbocycles. The number of rotatable bonds is 5. The number of nitrogens with one attached hydrogen (secondary N) is 1. The lowest BCUT2D eigenvalue weighted by atomic mass is 9.83. The lowest BCUT2D eigenvalue weighted by Gasteiger charge is -2.31. The molecule has 1 aromatic heterocycles. The molecule has 3 nitrogen and oxygen atoms in total. The van der Waals surface area contributed by atoms with Crippen molar-refractivity contribution in [1.82, 2.24) is 10.3 Å². The van der Waals surface area contributed by atoms with Crippen LogP contribution in [0.4, 0.5) is 0 Å². The van der Waals surface area contributed by atoms with E-state index in [0.717, 1.165) is 23.6 Å². The third-order valence-electron chi connectivity index (χ3n) is 4.04. The predicted octanol–water partition coefficient (Wildman–Crippen LogP) is 3.89. The topological polar surface area (TPSA) is 42.0 Å². The number of carbonyl (C=O) groups excluding carboxylic acids is 1. The Labute approximate surface area is 125 Å². The van der Waals surface area contributed by atoms with E-state index < -0.39 is 0 Å². The van der Waals surface area contributed by atoms with Gasteiger partial charge in [0.25, 0.3) is 5.91 Å². The van der Waals surface area contributed by atoms with Gasteiger partial charge in [0.2, 0.25) is 0 Å². The number of thioether (sulfide) groups is 1. The number of carbonyl (C=O) groups is 1. The van der Waals surface area contributed by atoms with Gasteiger partial charge in [0.15, 0.2) is 0 Å². The highest BCUT2D eigenvalue weighted by molar-refractivity contribution is 7.99. The van der Waals surface area contributed by atoms with Crippen molar-refractivity contribution in [3.8, 4) is 0 Å². The van der Waals surface area contributed by atoms with Gasteiger partial charge in [-0.25, -0.2) is 4.98 Å². The summed E-state index contributed by atoms with van der Waals surface area (Å²) < 4.78 is 0. The fraction of sp³-hybridized carbons (Fsp3) is 0.625. The van der Waals surface area contributed by atoms with Gasteiger partial charge in [0.1, 0.15) is 0 Å². The van der Waals surface area contributed by atoms with Crippen LogP contribution in [0.15, 0.2) is 23.4 Å². The van der Waals surface area contributed by atoms with Gasteiger partial charge in [-0.3, -0.25) is 4.79 Å². The highest BCUT2D eigenvalue weighted by Crippen LogP contribution is 2.27. The fourth-order valence-corrected chi connectivity index (χ4v) is 3.47. The molecule has 1 amide bonds. The van der Waals surface area contributed by atoms with E-state index in [1.54, 1.807) is 18.0 Å². The zero-order valence-corrected chi connectivity index (χ0v) is 13.2. The molecule has 0 saturated heterocycles. The maximum atomic E-state index is 12.3. The molecule has 110 valence electrons. The third-order valence-corrected chi connectivity index (χ3v) is 4.87. The van der Waals surface area contributed by atoms with Crippen LogP contribution in [0.1, 0.15) is 56.3 Å². The number of amides is 1. The Morgan fingerprint density at radius 3 is 2.80 bits per heavy atom. The van der Waals surface area contributed by atoms with Gasteiger partial charge in [-0.1, -0.05) is 33.1 Å². The maximum Gasteiger partial charge on any atom is 0.253 e. The Morgan fingerprint density at radius 1 is 1.35 bits per heavy atom. The summed E-state index contributed by atoms with van der Waals surface area (Å²) in [5.41, 5.74) is 0.672. The van der Waals surface area contributed by atoms with Crippen LogP contribution < -0.4 is 5.32 Å². The summed E-state index contributed by atoms with van der Waals surface area (Å²) in [4.78, 5) is 16.6. The smallest absolute Gasteiger partial charge is 0.253 e. The Balaban J connectivity index is 1.96. The molecule has 1 N–H and O–H groups in total. The second-order valence-corrected chi connectivity index (χ2v) is 6.64. The molecule has 20 heavy (non-hydrogen) atoms. The molecular formula is C16H24N2OS. The Hall–Kier alpha value is -1.03. The molecule has 1 aliphatic carbocycles. The SMILES string of the molecule is CCSc1ccc(C(=O)NC2CCCCC2CC)cn1. The molecule has 0 bridgehead atoms. The van der Waals surface area contributed by atoms with E-state index >= 15 is 0 Å². The fourth-order valence-electron chi connectivity index (χ4n) is 2.89. The largest absolute Gasteiger partial charge is 0.349 e. The van der Waals surface area contributed by atoms with Crippen LogP contribution >= 0.6 is 11.8 Å². The highest BCUT2D eigenvalue weighted by atomic mass is 32.2. The summed E-state index contributed by atoms with van der Waals surface area (Å²) in [5.74, 6) is 1.66.